The van der Waals surface area contributed by atoms with Gasteiger partial charge in [-0.3, -0.25) is 0 Å². The molecule has 0 aliphatic rings. The topological polar surface area (TPSA) is 77.5 Å². The molecule has 6 nitrogen and oxygen atoms in total. The second kappa shape index (κ2) is 6.96. The average molecular weight is 329 g/mol. The Morgan fingerprint density at radius 2 is 1.91 bits per heavy atom. The van der Waals surface area contributed by atoms with Crippen molar-refractivity contribution in [3.63, 3.8) is 0 Å². The zero-order valence-electron chi connectivity index (χ0n) is 13.4. The molecule has 1 atom stereocenters. The standard InChI is InChI=1S/C15H21ClN2O4/c1-6-21-12(19)15(5,10-8-7-9-11(16)17-10)18-13(20)22-14(2,3)4/h7-9H,6H2,1-5H3,(H,18,20). The van der Waals surface area contributed by atoms with Gasteiger partial charge < -0.3 is 14.8 Å². The Hall–Kier alpha value is -1.82. The van der Waals surface area contributed by atoms with Crippen molar-refractivity contribution in [3.8, 4) is 0 Å². The van der Waals surface area contributed by atoms with Crippen molar-refractivity contribution in [1.82, 2.24) is 10.3 Å². The summed E-state index contributed by atoms with van der Waals surface area (Å²) in [4.78, 5) is 28.4. The van der Waals surface area contributed by atoms with Crippen LogP contribution in [0.4, 0.5) is 4.79 Å². The smallest absolute Gasteiger partial charge is 0.408 e. The number of pyridine rings is 1. The molecular weight excluding hydrogens is 308 g/mol. The van der Waals surface area contributed by atoms with E-state index in [1.807, 2.05) is 0 Å². The second-order valence-electron chi connectivity index (χ2n) is 5.82. The fraction of sp³-hybridized carbons (Fsp3) is 0.533. The number of aromatic nitrogens is 1. The van der Waals surface area contributed by atoms with E-state index in [1.54, 1.807) is 45.9 Å². The summed E-state index contributed by atoms with van der Waals surface area (Å²) in [5, 5.41) is 2.73. The molecule has 1 amide bonds. The highest BCUT2D eigenvalue weighted by atomic mass is 35.5. The third-order valence-electron chi connectivity index (χ3n) is 2.66. The first-order valence-corrected chi connectivity index (χ1v) is 7.27. The molecule has 1 N–H and O–H groups in total. The van der Waals surface area contributed by atoms with Crippen LogP contribution in [0.2, 0.25) is 5.15 Å². The molecule has 1 aromatic rings. The van der Waals surface area contributed by atoms with Crippen LogP contribution < -0.4 is 5.32 Å². The van der Waals surface area contributed by atoms with Crippen LogP contribution in [0, 0.1) is 0 Å². The molecule has 0 saturated heterocycles. The highest BCUT2D eigenvalue weighted by Crippen LogP contribution is 2.23. The molecule has 122 valence electrons. The van der Waals surface area contributed by atoms with E-state index in [-0.39, 0.29) is 17.5 Å². The number of nitrogens with zero attached hydrogens (tertiary/aromatic N) is 1. The van der Waals surface area contributed by atoms with Crippen LogP contribution in [-0.4, -0.2) is 29.3 Å². The molecular formula is C15H21ClN2O4. The van der Waals surface area contributed by atoms with Crippen molar-refractivity contribution in [3.05, 3.63) is 29.0 Å². The van der Waals surface area contributed by atoms with Gasteiger partial charge in [-0.25, -0.2) is 14.6 Å². The maximum Gasteiger partial charge on any atom is 0.408 e. The Morgan fingerprint density at radius 1 is 1.27 bits per heavy atom. The average Bonchev–Trinajstić information content (AvgIpc) is 2.36. The van der Waals surface area contributed by atoms with Crippen molar-refractivity contribution >= 4 is 23.7 Å². The van der Waals surface area contributed by atoms with Crippen LogP contribution in [0.3, 0.4) is 0 Å². The van der Waals surface area contributed by atoms with Crippen molar-refractivity contribution in [2.45, 2.75) is 45.8 Å². The van der Waals surface area contributed by atoms with Crippen molar-refractivity contribution in [1.29, 1.82) is 0 Å². The normalized spacial score (nSPS) is 13.9. The molecule has 7 heteroatoms. The van der Waals surface area contributed by atoms with Crippen LogP contribution in [0.5, 0.6) is 0 Å². The Balaban J connectivity index is 3.12. The Labute approximate surface area is 135 Å². The number of carbonyl (C=O) groups excluding carboxylic acids is 2. The Morgan fingerprint density at radius 3 is 2.41 bits per heavy atom. The molecule has 0 spiro atoms. The van der Waals surface area contributed by atoms with E-state index in [9.17, 15) is 9.59 Å². The SMILES string of the molecule is CCOC(=O)C(C)(NC(=O)OC(C)(C)C)c1cccc(Cl)n1. The van der Waals surface area contributed by atoms with Gasteiger partial charge in [-0.2, -0.15) is 0 Å². The molecule has 0 aliphatic heterocycles. The predicted octanol–water partition coefficient (Wildman–Crippen LogP) is 3.04. The lowest BCUT2D eigenvalue weighted by Crippen LogP contribution is -2.52. The number of halogens is 1. The molecule has 1 aromatic heterocycles. The van der Waals surface area contributed by atoms with Gasteiger partial charge in [0.25, 0.3) is 0 Å². The zero-order chi connectivity index (χ0) is 17.0. The third kappa shape index (κ3) is 4.87. The van der Waals surface area contributed by atoms with Crippen molar-refractivity contribution < 1.29 is 19.1 Å². The third-order valence-corrected chi connectivity index (χ3v) is 2.87. The lowest BCUT2D eigenvalue weighted by molar-refractivity contribution is -0.151. The van der Waals surface area contributed by atoms with Gasteiger partial charge in [-0.15, -0.1) is 0 Å². The molecule has 22 heavy (non-hydrogen) atoms. The van der Waals surface area contributed by atoms with E-state index in [4.69, 9.17) is 21.1 Å². The molecule has 0 radical (unpaired) electrons. The van der Waals surface area contributed by atoms with E-state index < -0.39 is 23.2 Å². The number of nitrogens with one attached hydrogen (secondary N) is 1. The fourth-order valence-electron chi connectivity index (χ4n) is 1.69. The number of esters is 1. The van der Waals surface area contributed by atoms with Crippen molar-refractivity contribution in [2.75, 3.05) is 6.61 Å². The summed E-state index contributed by atoms with van der Waals surface area (Å²) in [7, 11) is 0. The molecule has 1 heterocycles. The lowest BCUT2D eigenvalue weighted by Gasteiger charge is -2.29. The first-order valence-electron chi connectivity index (χ1n) is 6.90. The summed E-state index contributed by atoms with van der Waals surface area (Å²) in [6, 6.07) is 4.79. The summed E-state index contributed by atoms with van der Waals surface area (Å²) in [6.07, 6.45) is -0.746. The van der Waals surface area contributed by atoms with Gasteiger partial charge in [-0.1, -0.05) is 17.7 Å². The molecule has 0 aromatic carbocycles. The second-order valence-corrected chi connectivity index (χ2v) is 6.21. The van der Waals surface area contributed by atoms with E-state index >= 15 is 0 Å². The van der Waals surface area contributed by atoms with Crippen LogP contribution >= 0.6 is 11.6 Å². The van der Waals surface area contributed by atoms with Crippen LogP contribution in [0.25, 0.3) is 0 Å². The van der Waals surface area contributed by atoms with Gasteiger partial charge in [-0.05, 0) is 46.8 Å². The summed E-state index contributed by atoms with van der Waals surface area (Å²) in [5.41, 5.74) is -1.92. The van der Waals surface area contributed by atoms with E-state index in [1.165, 1.54) is 6.92 Å². The number of alkyl carbamates (subject to hydrolysis) is 1. The fourth-order valence-corrected chi connectivity index (χ4v) is 1.85. The summed E-state index contributed by atoms with van der Waals surface area (Å²) < 4.78 is 10.2. The first kappa shape index (κ1) is 18.2. The predicted molar refractivity (Wildman–Crippen MR) is 82.6 cm³/mol. The summed E-state index contributed by atoms with van der Waals surface area (Å²) in [5.74, 6) is -0.643. The lowest BCUT2D eigenvalue weighted by atomic mass is 9.97. The number of hydrogen-bond donors (Lipinski definition) is 1. The molecule has 1 rings (SSSR count). The first-order chi connectivity index (χ1) is 10.1. The maximum atomic E-state index is 12.3. The van der Waals surface area contributed by atoms with E-state index in [0.29, 0.717) is 0 Å². The molecule has 1 unspecified atom stereocenters. The van der Waals surface area contributed by atoms with E-state index in [0.717, 1.165) is 0 Å². The van der Waals surface area contributed by atoms with E-state index in [2.05, 4.69) is 10.3 Å². The summed E-state index contributed by atoms with van der Waals surface area (Å²) >= 11 is 5.87. The molecule has 0 bridgehead atoms. The number of ether oxygens (including phenoxy) is 2. The number of hydrogen-bond acceptors (Lipinski definition) is 5. The number of rotatable bonds is 4. The van der Waals surface area contributed by atoms with Gasteiger partial charge >= 0.3 is 12.1 Å². The van der Waals surface area contributed by atoms with Gasteiger partial charge in [0.05, 0.1) is 12.3 Å². The Kier molecular flexibility index (Phi) is 5.77. The minimum absolute atomic E-state index is 0.172. The zero-order valence-corrected chi connectivity index (χ0v) is 14.2. The van der Waals surface area contributed by atoms with Crippen molar-refractivity contribution in [2.24, 2.45) is 0 Å². The van der Waals surface area contributed by atoms with Gasteiger partial charge in [0.15, 0.2) is 5.54 Å². The largest absolute Gasteiger partial charge is 0.464 e. The van der Waals surface area contributed by atoms with Gasteiger partial charge in [0.1, 0.15) is 10.8 Å². The van der Waals surface area contributed by atoms with Crippen LogP contribution in [0.1, 0.15) is 40.3 Å². The monoisotopic (exact) mass is 328 g/mol. The van der Waals surface area contributed by atoms with Gasteiger partial charge in [0, 0.05) is 0 Å². The summed E-state index contributed by atoms with van der Waals surface area (Å²) in [6.45, 7) is 8.53. The highest BCUT2D eigenvalue weighted by molar-refractivity contribution is 6.29. The van der Waals surface area contributed by atoms with Crippen LogP contribution in [0.15, 0.2) is 18.2 Å². The number of amides is 1. The Bertz CT molecular complexity index is 557. The highest BCUT2D eigenvalue weighted by Gasteiger charge is 2.41. The van der Waals surface area contributed by atoms with Gasteiger partial charge in [0.2, 0.25) is 0 Å². The molecule has 0 fully saturated rings. The quantitative estimate of drug-likeness (QED) is 0.679. The van der Waals surface area contributed by atoms with Crippen LogP contribution in [-0.2, 0) is 19.8 Å². The number of carbonyl (C=O) groups is 2. The minimum Gasteiger partial charge on any atom is -0.464 e. The maximum absolute atomic E-state index is 12.3. The molecule has 0 aliphatic carbocycles. The molecule has 0 saturated carbocycles. The minimum atomic E-state index is -1.50.